The van der Waals surface area contributed by atoms with Gasteiger partial charge in [0, 0.05) is 7.05 Å². The minimum Gasteiger partial charge on any atom is -0.316 e. The van der Waals surface area contributed by atoms with Gasteiger partial charge in [-0.3, -0.25) is 0 Å². The van der Waals surface area contributed by atoms with E-state index in [4.69, 9.17) is 11.6 Å². The number of hydrogen-bond donors (Lipinski definition) is 0. The first kappa shape index (κ1) is 8.44. The molecule has 0 aliphatic rings. The number of hydrogen-bond acceptors (Lipinski definition) is 3. The number of halogens is 1. The minimum atomic E-state index is 0.271. The average molecular weight is 197 g/mol. The van der Waals surface area contributed by atoms with Crippen LogP contribution in [0.3, 0.4) is 0 Å². The largest absolute Gasteiger partial charge is 0.316 e. The van der Waals surface area contributed by atoms with Crippen LogP contribution < -0.4 is 0 Å². The third-order valence-corrected chi connectivity index (χ3v) is 2.26. The molecular formula is C8H9ClN4. The van der Waals surface area contributed by atoms with E-state index in [9.17, 15) is 0 Å². The Labute approximate surface area is 80.6 Å². The second kappa shape index (κ2) is 2.67. The first-order valence-corrected chi connectivity index (χ1v) is 4.30. The summed E-state index contributed by atoms with van der Waals surface area (Å²) in [5, 5.41) is 0.271. The molecule has 0 atom stereocenters. The Kier molecular flexibility index (Phi) is 1.73. The third-order valence-electron chi connectivity index (χ3n) is 2.09. The van der Waals surface area contributed by atoms with E-state index in [-0.39, 0.29) is 5.28 Å². The van der Waals surface area contributed by atoms with Gasteiger partial charge in [0.15, 0.2) is 5.65 Å². The van der Waals surface area contributed by atoms with Crippen molar-refractivity contribution in [2.75, 3.05) is 0 Å². The molecule has 2 aromatic heterocycles. The molecule has 0 fully saturated rings. The van der Waals surface area contributed by atoms with Crippen molar-refractivity contribution >= 4 is 22.8 Å². The molecule has 0 saturated heterocycles. The standard InChI is InChI=1S/C8H9ClN4/c1-4-6-7(12-8(9)10-4)13(3)5(2)11-6/h1-3H3. The zero-order chi connectivity index (χ0) is 9.59. The summed E-state index contributed by atoms with van der Waals surface area (Å²) in [7, 11) is 1.91. The van der Waals surface area contributed by atoms with Crippen LogP contribution in [0.25, 0.3) is 11.2 Å². The molecule has 0 radical (unpaired) electrons. The Balaban J connectivity index is 2.94. The monoisotopic (exact) mass is 196 g/mol. The zero-order valence-corrected chi connectivity index (χ0v) is 8.42. The number of aryl methyl sites for hydroxylation is 3. The van der Waals surface area contributed by atoms with E-state index < -0.39 is 0 Å². The van der Waals surface area contributed by atoms with Gasteiger partial charge in [0.2, 0.25) is 5.28 Å². The van der Waals surface area contributed by atoms with E-state index in [2.05, 4.69) is 15.0 Å². The van der Waals surface area contributed by atoms with Crippen LogP contribution in [0.5, 0.6) is 0 Å². The average Bonchev–Trinajstić information content (AvgIpc) is 2.32. The minimum absolute atomic E-state index is 0.271. The number of fused-ring (bicyclic) bond motifs is 1. The number of aromatic nitrogens is 4. The predicted molar refractivity (Wildman–Crippen MR) is 50.8 cm³/mol. The van der Waals surface area contributed by atoms with Crippen molar-refractivity contribution in [3.63, 3.8) is 0 Å². The predicted octanol–water partition coefficient (Wildman–Crippen LogP) is 1.63. The summed E-state index contributed by atoms with van der Waals surface area (Å²) in [6, 6.07) is 0. The molecule has 4 nitrogen and oxygen atoms in total. The first-order chi connectivity index (χ1) is 6.09. The van der Waals surface area contributed by atoms with Crippen molar-refractivity contribution in [2.24, 2.45) is 7.05 Å². The van der Waals surface area contributed by atoms with Gasteiger partial charge in [-0.2, -0.15) is 4.98 Å². The molecular weight excluding hydrogens is 188 g/mol. The molecule has 0 aliphatic carbocycles. The first-order valence-electron chi connectivity index (χ1n) is 3.93. The van der Waals surface area contributed by atoms with Crippen LogP contribution >= 0.6 is 11.6 Å². The molecule has 2 rings (SSSR count). The van der Waals surface area contributed by atoms with Gasteiger partial charge in [0.1, 0.15) is 11.3 Å². The van der Waals surface area contributed by atoms with E-state index in [1.165, 1.54) is 0 Å². The van der Waals surface area contributed by atoms with Crippen LogP contribution in [-0.2, 0) is 7.05 Å². The van der Waals surface area contributed by atoms with E-state index >= 15 is 0 Å². The summed E-state index contributed by atoms with van der Waals surface area (Å²) in [6.45, 7) is 3.80. The molecule has 0 unspecified atom stereocenters. The molecule has 0 saturated carbocycles. The number of rotatable bonds is 0. The lowest BCUT2D eigenvalue weighted by Gasteiger charge is -1.96. The second-order valence-corrected chi connectivity index (χ2v) is 3.31. The Morgan fingerprint density at radius 1 is 1.15 bits per heavy atom. The molecule has 5 heteroatoms. The lowest BCUT2D eigenvalue weighted by atomic mass is 10.4. The van der Waals surface area contributed by atoms with Crippen molar-refractivity contribution in [3.05, 3.63) is 16.8 Å². The van der Waals surface area contributed by atoms with E-state index in [1.807, 2.05) is 25.5 Å². The van der Waals surface area contributed by atoms with Crippen LogP contribution in [0, 0.1) is 13.8 Å². The topological polar surface area (TPSA) is 43.6 Å². The van der Waals surface area contributed by atoms with Crippen LogP contribution in [0.1, 0.15) is 11.5 Å². The maximum Gasteiger partial charge on any atom is 0.224 e. The Morgan fingerprint density at radius 3 is 2.54 bits per heavy atom. The quantitative estimate of drug-likeness (QED) is 0.602. The van der Waals surface area contributed by atoms with Crippen molar-refractivity contribution in [1.82, 2.24) is 19.5 Å². The molecule has 0 spiro atoms. The smallest absolute Gasteiger partial charge is 0.224 e. The molecule has 0 N–H and O–H groups in total. The lowest BCUT2D eigenvalue weighted by molar-refractivity contribution is 0.872. The fraction of sp³-hybridized carbons (Fsp3) is 0.375. The maximum absolute atomic E-state index is 5.74. The summed E-state index contributed by atoms with van der Waals surface area (Å²) in [5.74, 6) is 0.912. The van der Waals surface area contributed by atoms with E-state index in [0.717, 1.165) is 22.7 Å². The highest BCUT2D eigenvalue weighted by Gasteiger charge is 2.09. The van der Waals surface area contributed by atoms with Crippen LogP contribution in [0.4, 0.5) is 0 Å². The summed E-state index contributed by atoms with van der Waals surface area (Å²) in [5.41, 5.74) is 2.43. The SMILES string of the molecule is Cc1nc(Cl)nc2c1nc(C)n2C. The summed E-state index contributed by atoms with van der Waals surface area (Å²) < 4.78 is 1.90. The van der Waals surface area contributed by atoms with Gasteiger partial charge in [0.05, 0.1) is 5.69 Å². The molecule has 0 bridgehead atoms. The fourth-order valence-electron chi connectivity index (χ4n) is 1.27. The van der Waals surface area contributed by atoms with Crippen LogP contribution in [0.2, 0.25) is 5.28 Å². The van der Waals surface area contributed by atoms with Gasteiger partial charge in [-0.05, 0) is 25.4 Å². The maximum atomic E-state index is 5.74. The zero-order valence-electron chi connectivity index (χ0n) is 7.67. The van der Waals surface area contributed by atoms with Gasteiger partial charge in [-0.1, -0.05) is 0 Å². The lowest BCUT2D eigenvalue weighted by Crippen LogP contribution is -1.94. The summed E-state index contributed by atoms with van der Waals surface area (Å²) in [4.78, 5) is 12.5. The van der Waals surface area contributed by atoms with Crippen LogP contribution in [-0.4, -0.2) is 19.5 Å². The highest BCUT2D eigenvalue weighted by atomic mass is 35.5. The van der Waals surface area contributed by atoms with Crippen molar-refractivity contribution in [3.8, 4) is 0 Å². The summed E-state index contributed by atoms with van der Waals surface area (Å²) in [6.07, 6.45) is 0. The molecule has 0 amide bonds. The molecule has 2 aromatic rings. The Hall–Kier alpha value is -1.16. The fourth-order valence-corrected chi connectivity index (χ4v) is 1.48. The highest BCUT2D eigenvalue weighted by Crippen LogP contribution is 2.16. The second-order valence-electron chi connectivity index (χ2n) is 2.97. The van der Waals surface area contributed by atoms with Crippen molar-refractivity contribution in [1.29, 1.82) is 0 Å². The van der Waals surface area contributed by atoms with Gasteiger partial charge >= 0.3 is 0 Å². The van der Waals surface area contributed by atoms with Crippen LogP contribution in [0.15, 0.2) is 0 Å². The molecule has 2 heterocycles. The third kappa shape index (κ3) is 1.18. The number of nitrogens with zero attached hydrogens (tertiary/aromatic N) is 4. The molecule has 0 aromatic carbocycles. The van der Waals surface area contributed by atoms with Gasteiger partial charge in [-0.25, -0.2) is 9.97 Å². The molecule has 68 valence electrons. The normalized spacial score (nSPS) is 11.1. The van der Waals surface area contributed by atoms with Gasteiger partial charge in [0.25, 0.3) is 0 Å². The number of imidazole rings is 1. The highest BCUT2D eigenvalue weighted by molar-refractivity contribution is 6.28. The summed E-state index contributed by atoms with van der Waals surface area (Å²) >= 11 is 5.74. The Morgan fingerprint density at radius 2 is 1.85 bits per heavy atom. The van der Waals surface area contributed by atoms with Crippen molar-refractivity contribution in [2.45, 2.75) is 13.8 Å². The van der Waals surface area contributed by atoms with Crippen molar-refractivity contribution < 1.29 is 0 Å². The van der Waals surface area contributed by atoms with Gasteiger partial charge in [-0.15, -0.1) is 0 Å². The van der Waals surface area contributed by atoms with E-state index in [0.29, 0.717) is 0 Å². The van der Waals surface area contributed by atoms with E-state index in [1.54, 1.807) is 0 Å². The molecule has 13 heavy (non-hydrogen) atoms. The molecule has 0 aliphatic heterocycles. The Bertz CT molecular complexity index is 474. The van der Waals surface area contributed by atoms with Gasteiger partial charge < -0.3 is 4.57 Å².